The van der Waals surface area contributed by atoms with Gasteiger partial charge in [-0.15, -0.1) is 23.5 Å². The second-order valence-electron chi connectivity index (χ2n) is 7.20. The van der Waals surface area contributed by atoms with Crippen molar-refractivity contribution in [2.75, 3.05) is 18.6 Å². The van der Waals surface area contributed by atoms with Crippen LogP contribution in [0.3, 0.4) is 0 Å². The van der Waals surface area contributed by atoms with Crippen LogP contribution < -0.4 is 0 Å². The van der Waals surface area contributed by atoms with E-state index in [2.05, 4.69) is 18.6 Å². The Bertz CT molecular complexity index is 544. The maximum atomic E-state index is 11.5. The van der Waals surface area contributed by atoms with Crippen molar-refractivity contribution in [2.45, 2.75) is 56.5 Å². The van der Waals surface area contributed by atoms with Gasteiger partial charge in [-0.2, -0.15) is 0 Å². The Kier molecular flexibility index (Phi) is 8.80. The lowest BCUT2D eigenvalue weighted by Crippen LogP contribution is -2.42. The molecule has 1 fully saturated rings. The molecule has 0 spiro atoms. The predicted octanol–water partition coefficient (Wildman–Crippen LogP) is 4.11. The molecule has 0 unspecified atom stereocenters. The molecular weight excluding hydrogens is 368 g/mol. The number of carbonyl (C=O) groups excluding carboxylic acids is 1. The molecule has 0 aliphatic carbocycles. The van der Waals surface area contributed by atoms with Crippen LogP contribution in [0.2, 0.25) is 0 Å². The van der Waals surface area contributed by atoms with Gasteiger partial charge in [-0.25, -0.2) is 0 Å². The van der Waals surface area contributed by atoms with Crippen molar-refractivity contribution in [1.29, 1.82) is 0 Å². The molecule has 1 aliphatic rings. The van der Waals surface area contributed by atoms with E-state index in [0.29, 0.717) is 17.6 Å². The van der Waals surface area contributed by atoms with Gasteiger partial charge in [0.1, 0.15) is 0 Å². The summed E-state index contributed by atoms with van der Waals surface area (Å²) in [6.45, 7) is 4.93. The third kappa shape index (κ3) is 6.48. The lowest BCUT2D eigenvalue weighted by atomic mass is 9.84. The van der Waals surface area contributed by atoms with Crippen LogP contribution in [0.25, 0.3) is 0 Å². The Balaban J connectivity index is 2.07. The van der Waals surface area contributed by atoms with Crippen LogP contribution in [0.4, 0.5) is 0 Å². The maximum Gasteiger partial charge on any atom is 0.308 e. The molecule has 1 heterocycles. The Labute approximate surface area is 165 Å². The Morgan fingerprint density at radius 2 is 1.92 bits per heavy atom. The van der Waals surface area contributed by atoms with Gasteiger partial charge in [0.05, 0.1) is 36.9 Å². The van der Waals surface area contributed by atoms with Crippen LogP contribution in [-0.4, -0.2) is 46.5 Å². The van der Waals surface area contributed by atoms with Crippen molar-refractivity contribution in [3.05, 3.63) is 35.9 Å². The molecule has 4 nitrogen and oxygen atoms in total. The molecule has 1 aliphatic heterocycles. The number of hydrogen-bond donors (Lipinski definition) is 1. The molecule has 1 saturated heterocycles. The topological polar surface area (TPSA) is 55.8 Å². The fourth-order valence-electron chi connectivity index (χ4n) is 3.03. The second-order valence-corrected chi connectivity index (χ2v) is 9.93. The molecule has 0 amide bonds. The van der Waals surface area contributed by atoms with Gasteiger partial charge in [0.2, 0.25) is 0 Å². The molecule has 6 heteroatoms. The summed E-state index contributed by atoms with van der Waals surface area (Å²) in [5.74, 6) is 1.94. The average Bonchev–Trinajstić information content (AvgIpc) is 2.66. The van der Waals surface area contributed by atoms with Gasteiger partial charge < -0.3 is 14.6 Å². The number of rotatable bonds is 9. The van der Waals surface area contributed by atoms with Crippen molar-refractivity contribution >= 4 is 29.5 Å². The summed E-state index contributed by atoms with van der Waals surface area (Å²) < 4.78 is 11.4. The summed E-state index contributed by atoms with van der Waals surface area (Å²) in [5.41, 5.74) is 0.987. The number of thioether (sulfide) groups is 2. The maximum absolute atomic E-state index is 11.5. The zero-order chi connectivity index (χ0) is 19.0. The Hall–Kier alpha value is -0.690. The minimum absolute atomic E-state index is 0.00271. The minimum Gasteiger partial charge on any atom is -0.469 e. The number of methoxy groups -OCH3 is 1. The Morgan fingerprint density at radius 1 is 1.27 bits per heavy atom. The van der Waals surface area contributed by atoms with E-state index >= 15 is 0 Å². The van der Waals surface area contributed by atoms with Gasteiger partial charge in [0.25, 0.3) is 0 Å². The van der Waals surface area contributed by atoms with Gasteiger partial charge >= 0.3 is 5.97 Å². The highest BCUT2D eigenvalue weighted by atomic mass is 32.2. The molecule has 0 saturated carbocycles. The molecule has 0 bridgehead atoms. The van der Waals surface area contributed by atoms with E-state index in [0.717, 1.165) is 17.1 Å². The standard InChI is InChI=1S/C20H30O4S2/c1-20(2,19-25-10-7-11-26-19)17(12-16(21)13-18(22)23-3)24-14-15-8-5-4-6-9-15/h4-6,8-9,16-17,19,21H,7,10-14H2,1-3H3/t16-,17-/m0/s1. The van der Waals surface area contributed by atoms with Crippen LogP contribution >= 0.6 is 23.5 Å². The van der Waals surface area contributed by atoms with E-state index in [-0.39, 0.29) is 17.9 Å². The predicted molar refractivity (Wildman–Crippen MR) is 109 cm³/mol. The fourth-order valence-corrected chi connectivity index (χ4v) is 6.39. The summed E-state index contributed by atoms with van der Waals surface area (Å²) in [6.07, 6.45) is 0.754. The first kappa shape index (κ1) is 21.6. The zero-order valence-electron chi connectivity index (χ0n) is 15.8. The van der Waals surface area contributed by atoms with Crippen molar-refractivity contribution < 1.29 is 19.4 Å². The number of benzene rings is 1. The molecule has 2 rings (SSSR count). The van der Waals surface area contributed by atoms with Gasteiger partial charge in [0, 0.05) is 11.8 Å². The highest BCUT2D eigenvalue weighted by Crippen LogP contribution is 2.46. The minimum atomic E-state index is -0.763. The normalized spacial score (nSPS) is 18.3. The Morgan fingerprint density at radius 3 is 2.54 bits per heavy atom. The van der Waals surface area contributed by atoms with E-state index in [1.165, 1.54) is 13.5 Å². The molecule has 146 valence electrons. The summed E-state index contributed by atoms with van der Waals surface area (Å²) >= 11 is 3.95. The number of aliphatic hydroxyl groups is 1. The third-order valence-electron chi connectivity index (χ3n) is 4.67. The zero-order valence-corrected chi connectivity index (χ0v) is 17.5. The van der Waals surface area contributed by atoms with Crippen molar-refractivity contribution in [1.82, 2.24) is 0 Å². The van der Waals surface area contributed by atoms with E-state index in [1.807, 2.05) is 53.9 Å². The van der Waals surface area contributed by atoms with Crippen LogP contribution in [0.5, 0.6) is 0 Å². The van der Waals surface area contributed by atoms with Crippen LogP contribution in [0.1, 0.15) is 38.7 Å². The summed E-state index contributed by atoms with van der Waals surface area (Å²) in [5, 5.41) is 10.4. The van der Waals surface area contributed by atoms with Gasteiger partial charge in [-0.1, -0.05) is 44.2 Å². The number of aliphatic hydroxyl groups excluding tert-OH is 1. The molecular formula is C20H30O4S2. The molecule has 1 aromatic carbocycles. The number of esters is 1. The number of hydrogen-bond acceptors (Lipinski definition) is 6. The SMILES string of the molecule is COC(=O)C[C@@H](O)C[C@H](OCc1ccccc1)C(C)(C)C1SCCCS1. The number of carbonyl (C=O) groups is 1. The van der Waals surface area contributed by atoms with Crippen molar-refractivity contribution in [3.8, 4) is 0 Å². The van der Waals surface area contributed by atoms with Crippen LogP contribution in [-0.2, 0) is 20.9 Å². The van der Waals surface area contributed by atoms with E-state index < -0.39 is 12.1 Å². The van der Waals surface area contributed by atoms with Crippen molar-refractivity contribution in [2.24, 2.45) is 5.41 Å². The molecule has 1 N–H and O–H groups in total. The lowest BCUT2D eigenvalue weighted by Gasteiger charge is -2.42. The molecule has 0 radical (unpaired) electrons. The highest BCUT2D eigenvalue weighted by Gasteiger charge is 2.40. The van der Waals surface area contributed by atoms with Gasteiger partial charge in [-0.3, -0.25) is 4.79 Å². The monoisotopic (exact) mass is 398 g/mol. The summed E-state index contributed by atoms with van der Waals surface area (Å²) in [6, 6.07) is 10.1. The van der Waals surface area contributed by atoms with E-state index in [1.54, 1.807) is 0 Å². The quantitative estimate of drug-likeness (QED) is 0.632. The third-order valence-corrected chi connectivity index (χ3v) is 8.36. The number of ether oxygens (including phenoxy) is 2. The summed E-state index contributed by atoms with van der Waals surface area (Å²) in [4.78, 5) is 11.5. The van der Waals surface area contributed by atoms with Gasteiger partial charge in [-0.05, 0) is 23.5 Å². The van der Waals surface area contributed by atoms with Gasteiger partial charge in [0.15, 0.2) is 0 Å². The first-order valence-corrected chi connectivity index (χ1v) is 11.2. The average molecular weight is 399 g/mol. The van der Waals surface area contributed by atoms with E-state index in [9.17, 15) is 9.90 Å². The molecule has 26 heavy (non-hydrogen) atoms. The van der Waals surface area contributed by atoms with Crippen LogP contribution in [0.15, 0.2) is 30.3 Å². The lowest BCUT2D eigenvalue weighted by molar-refractivity contribution is -0.143. The molecule has 1 aromatic rings. The second kappa shape index (κ2) is 10.6. The fraction of sp³-hybridized carbons (Fsp3) is 0.650. The first-order valence-electron chi connectivity index (χ1n) is 9.07. The highest BCUT2D eigenvalue weighted by molar-refractivity contribution is 8.17. The van der Waals surface area contributed by atoms with E-state index in [4.69, 9.17) is 4.74 Å². The molecule has 0 aromatic heterocycles. The smallest absolute Gasteiger partial charge is 0.308 e. The molecule has 2 atom stereocenters. The summed E-state index contributed by atoms with van der Waals surface area (Å²) in [7, 11) is 1.34. The van der Waals surface area contributed by atoms with Crippen molar-refractivity contribution in [3.63, 3.8) is 0 Å². The van der Waals surface area contributed by atoms with Crippen LogP contribution in [0, 0.1) is 5.41 Å². The first-order chi connectivity index (χ1) is 12.4. The largest absolute Gasteiger partial charge is 0.469 e.